The number of likely N-dealkylation sites (tertiary alicyclic amines) is 1. The molecule has 8 nitrogen and oxygen atoms in total. The van der Waals surface area contributed by atoms with Gasteiger partial charge in [-0.3, -0.25) is 14.4 Å². The number of amides is 3. The first-order chi connectivity index (χ1) is 19.1. The summed E-state index contributed by atoms with van der Waals surface area (Å²) in [5.74, 6) is -2.19. The minimum Gasteiger partial charge on any atom is -0.396 e. The molecule has 1 spiro atoms. The van der Waals surface area contributed by atoms with Gasteiger partial charge in [0, 0.05) is 33.3 Å². The van der Waals surface area contributed by atoms with E-state index in [9.17, 15) is 19.5 Å². The molecule has 3 aliphatic heterocycles. The molecule has 1 N–H and O–H groups in total. The molecular weight excluding hydrogens is 530 g/mol. The van der Waals surface area contributed by atoms with Crippen molar-refractivity contribution in [1.82, 2.24) is 9.80 Å². The van der Waals surface area contributed by atoms with Crippen LogP contribution in [-0.2, 0) is 19.1 Å². The zero-order valence-electron chi connectivity index (χ0n) is 23.9. The molecule has 2 bridgehead atoms. The monoisotopic (exact) mass is 571 g/mol. The summed E-state index contributed by atoms with van der Waals surface area (Å²) in [5.41, 5.74) is -1.48. The van der Waals surface area contributed by atoms with Crippen LogP contribution in [0.4, 0.5) is 5.69 Å². The third-order valence-corrected chi connectivity index (χ3v) is 9.44. The highest BCUT2D eigenvalue weighted by Gasteiger charge is 2.80. The van der Waals surface area contributed by atoms with Crippen LogP contribution in [-0.4, -0.2) is 83.2 Å². The quantitative estimate of drug-likeness (QED) is 0.285. The van der Waals surface area contributed by atoms with Crippen LogP contribution in [0.25, 0.3) is 0 Å². The number of fused-ring (bicyclic) bond motifs is 1. The third-order valence-electron chi connectivity index (χ3n) is 9.12. The van der Waals surface area contributed by atoms with E-state index < -0.39 is 29.1 Å². The maximum Gasteiger partial charge on any atom is 0.253 e. The number of unbranched alkanes of at least 4 members (excludes halogenated alkanes) is 3. The van der Waals surface area contributed by atoms with Gasteiger partial charge < -0.3 is 24.5 Å². The van der Waals surface area contributed by atoms with Gasteiger partial charge in [0.2, 0.25) is 11.8 Å². The standard InChI is InChI=1S/C31H42ClN3O5/c1-6-16-33(5)27(37)24-25-28(38)35(18-12-8-9-13-19-36)26(31(25)20-21(3)30(24,4)40-31)29(39)34(17-7-2)23-15-11-10-14-22(23)32/h6-7,10-11,14-15,21,24-26,36H,1-2,8-9,12-13,16-20H2,3-5H3/t21?,24-,25+,26?,30+,31?/m1/s1. The number of benzene rings is 1. The molecule has 40 heavy (non-hydrogen) atoms. The normalized spacial score (nSPS) is 30.3. The van der Waals surface area contributed by atoms with Gasteiger partial charge in [-0.15, -0.1) is 13.2 Å². The van der Waals surface area contributed by atoms with E-state index in [2.05, 4.69) is 13.2 Å². The van der Waals surface area contributed by atoms with Gasteiger partial charge in [-0.25, -0.2) is 0 Å². The van der Waals surface area contributed by atoms with Crippen molar-refractivity contribution in [1.29, 1.82) is 0 Å². The van der Waals surface area contributed by atoms with Crippen LogP contribution in [0.5, 0.6) is 0 Å². The number of anilines is 1. The summed E-state index contributed by atoms with van der Waals surface area (Å²) in [7, 11) is 1.71. The minimum atomic E-state index is -1.14. The van der Waals surface area contributed by atoms with Crippen molar-refractivity contribution in [3.63, 3.8) is 0 Å². The first-order valence-corrected chi connectivity index (χ1v) is 14.6. The summed E-state index contributed by atoms with van der Waals surface area (Å²) in [6.07, 6.45) is 6.79. The van der Waals surface area contributed by atoms with Crippen molar-refractivity contribution < 1.29 is 24.2 Å². The molecule has 3 unspecified atom stereocenters. The fourth-order valence-electron chi connectivity index (χ4n) is 7.16. The second-order valence-electron chi connectivity index (χ2n) is 11.6. The molecular formula is C31H42ClN3O5. The zero-order chi connectivity index (χ0) is 29.2. The molecule has 3 saturated heterocycles. The number of nitrogens with zero attached hydrogens (tertiary/aromatic N) is 3. The lowest BCUT2D eigenvalue weighted by atomic mass is 9.62. The predicted octanol–water partition coefficient (Wildman–Crippen LogP) is 4.07. The van der Waals surface area contributed by atoms with Crippen LogP contribution in [0.15, 0.2) is 49.6 Å². The summed E-state index contributed by atoms with van der Waals surface area (Å²) in [6, 6.07) is 6.21. The number of para-hydroxylation sites is 1. The summed E-state index contributed by atoms with van der Waals surface area (Å²) >= 11 is 6.55. The average Bonchev–Trinajstić information content (AvgIpc) is 3.43. The lowest BCUT2D eigenvalue weighted by Gasteiger charge is -2.38. The van der Waals surface area contributed by atoms with Crippen LogP contribution >= 0.6 is 11.6 Å². The van der Waals surface area contributed by atoms with Crippen molar-refractivity contribution in [2.45, 2.75) is 63.2 Å². The molecule has 3 aliphatic rings. The Morgan fingerprint density at radius 3 is 2.48 bits per heavy atom. The molecule has 0 radical (unpaired) electrons. The second-order valence-corrected chi connectivity index (χ2v) is 12.0. The Morgan fingerprint density at radius 2 is 1.82 bits per heavy atom. The van der Waals surface area contributed by atoms with Gasteiger partial charge in [-0.2, -0.15) is 0 Å². The highest BCUT2D eigenvalue weighted by Crippen LogP contribution is 2.65. The Kier molecular flexibility index (Phi) is 9.12. The Labute approximate surface area is 242 Å². The highest BCUT2D eigenvalue weighted by molar-refractivity contribution is 6.34. The average molecular weight is 572 g/mol. The van der Waals surface area contributed by atoms with Gasteiger partial charge in [-0.05, 0) is 44.2 Å². The van der Waals surface area contributed by atoms with E-state index in [4.69, 9.17) is 16.3 Å². The summed E-state index contributed by atoms with van der Waals surface area (Å²) < 4.78 is 6.84. The van der Waals surface area contributed by atoms with Crippen LogP contribution in [0.1, 0.15) is 46.0 Å². The molecule has 218 valence electrons. The molecule has 3 heterocycles. The fraction of sp³-hybridized carbons (Fsp3) is 0.581. The van der Waals surface area contributed by atoms with E-state index >= 15 is 0 Å². The van der Waals surface area contributed by atoms with Crippen molar-refractivity contribution in [2.24, 2.45) is 17.8 Å². The van der Waals surface area contributed by atoms with Gasteiger partial charge >= 0.3 is 0 Å². The maximum absolute atomic E-state index is 14.6. The van der Waals surface area contributed by atoms with Gasteiger partial charge in [0.05, 0.1) is 28.1 Å². The van der Waals surface area contributed by atoms with E-state index in [1.165, 1.54) is 0 Å². The Hall–Kier alpha value is -2.68. The first-order valence-electron chi connectivity index (χ1n) is 14.2. The number of likely N-dealkylation sites (N-methyl/N-ethyl adjacent to an activating group) is 1. The SMILES string of the molecule is C=CCN(C)C(=O)[C@H]1[C@H]2C(=O)N(CCCCCCO)C(C(=O)N(CC=C)c3ccccc3Cl)C23CC(C)[C@]1(C)O3. The van der Waals surface area contributed by atoms with Crippen molar-refractivity contribution in [3.8, 4) is 0 Å². The van der Waals surface area contributed by atoms with Gasteiger partial charge in [0.1, 0.15) is 11.6 Å². The molecule has 3 fully saturated rings. The topological polar surface area (TPSA) is 90.4 Å². The molecule has 4 rings (SSSR count). The molecule has 1 aromatic carbocycles. The number of rotatable bonds is 13. The third kappa shape index (κ3) is 4.88. The maximum atomic E-state index is 14.6. The van der Waals surface area contributed by atoms with Gasteiger partial charge in [0.25, 0.3) is 5.91 Å². The molecule has 0 saturated carbocycles. The number of hydrogen-bond acceptors (Lipinski definition) is 5. The van der Waals surface area contributed by atoms with Crippen LogP contribution in [0.2, 0.25) is 5.02 Å². The number of hydrogen-bond donors (Lipinski definition) is 1. The smallest absolute Gasteiger partial charge is 0.253 e. The Morgan fingerprint density at radius 1 is 1.15 bits per heavy atom. The lowest BCUT2D eigenvalue weighted by Crippen LogP contribution is -2.57. The van der Waals surface area contributed by atoms with E-state index in [1.807, 2.05) is 19.9 Å². The second kappa shape index (κ2) is 12.0. The number of ether oxygens (including phenoxy) is 1. The number of carbonyl (C=O) groups is 3. The number of carbonyl (C=O) groups excluding carboxylic acids is 3. The van der Waals surface area contributed by atoms with Gasteiger partial charge in [0.15, 0.2) is 0 Å². The molecule has 9 heteroatoms. The number of aliphatic hydroxyl groups is 1. The fourth-order valence-corrected chi connectivity index (χ4v) is 7.40. The van der Waals surface area contributed by atoms with E-state index in [0.717, 1.165) is 12.8 Å². The minimum absolute atomic E-state index is 0.0457. The Bertz CT molecular complexity index is 1160. The largest absolute Gasteiger partial charge is 0.396 e. The highest BCUT2D eigenvalue weighted by atomic mass is 35.5. The molecule has 0 aliphatic carbocycles. The zero-order valence-corrected chi connectivity index (χ0v) is 24.6. The van der Waals surface area contributed by atoms with E-state index in [1.54, 1.807) is 52.1 Å². The number of aliphatic hydroxyl groups excluding tert-OH is 1. The van der Waals surface area contributed by atoms with E-state index in [-0.39, 0.29) is 36.8 Å². The molecule has 1 aromatic rings. The van der Waals surface area contributed by atoms with Crippen LogP contribution < -0.4 is 4.90 Å². The molecule has 6 atom stereocenters. The van der Waals surface area contributed by atoms with Crippen molar-refractivity contribution >= 4 is 35.0 Å². The summed E-state index contributed by atoms with van der Waals surface area (Å²) in [4.78, 5) is 47.6. The van der Waals surface area contributed by atoms with Gasteiger partial charge in [-0.1, -0.05) is 55.7 Å². The van der Waals surface area contributed by atoms with E-state index in [0.29, 0.717) is 43.1 Å². The van der Waals surface area contributed by atoms with Crippen molar-refractivity contribution in [2.75, 3.05) is 38.2 Å². The van der Waals surface area contributed by atoms with Crippen LogP contribution in [0.3, 0.4) is 0 Å². The van der Waals surface area contributed by atoms with Crippen LogP contribution in [0, 0.1) is 17.8 Å². The first kappa shape index (κ1) is 30.3. The summed E-state index contributed by atoms with van der Waals surface area (Å²) in [6.45, 7) is 12.6. The Balaban J connectivity index is 1.79. The predicted molar refractivity (Wildman–Crippen MR) is 156 cm³/mol. The molecule has 3 amide bonds. The summed E-state index contributed by atoms with van der Waals surface area (Å²) in [5, 5.41) is 9.60. The molecule has 0 aromatic heterocycles. The number of halogens is 1. The van der Waals surface area contributed by atoms with Crippen molar-refractivity contribution in [3.05, 3.63) is 54.6 Å². The lowest BCUT2D eigenvalue weighted by molar-refractivity contribution is -0.150.